The lowest BCUT2D eigenvalue weighted by molar-refractivity contribution is -0.141. The fraction of sp³-hybridized carbons (Fsp3) is 0.233. The fourth-order valence-corrected chi connectivity index (χ4v) is 3.82. The van der Waals surface area contributed by atoms with Gasteiger partial charge in [-0.2, -0.15) is 0 Å². The molecule has 5 N–H and O–H groups in total. The molecule has 11 nitrogen and oxygen atoms in total. The first-order valence-corrected chi connectivity index (χ1v) is 12.9. The van der Waals surface area contributed by atoms with E-state index in [-0.39, 0.29) is 19.4 Å². The van der Waals surface area contributed by atoms with Gasteiger partial charge in [-0.15, -0.1) is 0 Å². The molecule has 11 heteroatoms. The second kappa shape index (κ2) is 16.0. The maximum Gasteiger partial charge on any atom is 0.407 e. The Morgan fingerprint density at radius 3 is 1.56 bits per heavy atom. The van der Waals surface area contributed by atoms with Crippen molar-refractivity contribution in [1.29, 1.82) is 0 Å². The summed E-state index contributed by atoms with van der Waals surface area (Å²) < 4.78 is 5.08. The minimum atomic E-state index is -1.21. The van der Waals surface area contributed by atoms with E-state index < -0.39 is 55.0 Å². The Labute approximate surface area is 237 Å². The lowest BCUT2D eigenvalue weighted by Gasteiger charge is -2.19. The number of alkyl carbamates (subject to hydrolysis) is 1. The molecule has 0 saturated heterocycles. The zero-order valence-corrected chi connectivity index (χ0v) is 22.2. The van der Waals surface area contributed by atoms with Gasteiger partial charge in [0, 0.05) is 12.8 Å². The largest absolute Gasteiger partial charge is 0.480 e. The SMILES string of the molecule is O=C(CNC(=O)[C@H](Cc1ccccc1)NC(=O)CNC(=O)OCc1ccccc1)N[C@@H](Cc1ccccc1)C(=O)O. The number of ether oxygens (including phenoxy) is 1. The minimum absolute atomic E-state index is 0.0312. The first-order valence-electron chi connectivity index (χ1n) is 12.9. The van der Waals surface area contributed by atoms with E-state index in [1.165, 1.54) is 0 Å². The number of carboxylic acid groups (broad SMARTS) is 1. The number of nitrogens with one attached hydrogen (secondary N) is 4. The summed E-state index contributed by atoms with van der Waals surface area (Å²) in [5, 5.41) is 19.3. The molecule has 3 rings (SSSR count). The Morgan fingerprint density at radius 2 is 1.05 bits per heavy atom. The van der Waals surface area contributed by atoms with Gasteiger partial charge in [-0.1, -0.05) is 91.0 Å². The van der Waals surface area contributed by atoms with E-state index >= 15 is 0 Å². The molecule has 0 saturated carbocycles. The van der Waals surface area contributed by atoms with Crippen LogP contribution in [0.2, 0.25) is 0 Å². The van der Waals surface area contributed by atoms with Gasteiger partial charge < -0.3 is 31.1 Å². The van der Waals surface area contributed by atoms with Crippen molar-refractivity contribution in [2.45, 2.75) is 31.5 Å². The second-order valence-corrected chi connectivity index (χ2v) is 9.09. The molecular weight excluding hydrogens is 528 g/mol. The van der Waals surface area contributed by atoms with E-state index in [0.717, 1.165) is 16.7 Å². The van der Waals surface area contributed by atoms with Gasteiger partial charge in [0.15, 0.2) is 0 Å². The van der Waals surface area contributed by atoms with Crippen LogP contribution in [0.5, 0.6) is 0 Å². The quantitative estimate of drug-likeness (QED) is 0.200. The monoisotopic (exact) mass is 560 g/mol. The van der Waals surface area contributed by atoms with Crippen LogP contribution in [0.4, 0.5) is 4.79 Å². The van der Waals surface area contributed by atoms with Gasteiger partial charge in [0.25, 0.3) is 0 Å². The molecule has 214 valence electrons. The molecule has 0 bridgehead atoms. The predicted octanol–water partition coefficient (Wildman–Crippen LogP) is 1.57. The van der Waals surface area contributed by atoms with Crippen molar-refractivity contribution in [1.82, 2.24) is 21.3 Å². The van der Waals surface area contributed by atoms with Crippen LogP contribution in [-0.2, 0) is 43.4 Å². The highest BCUT2D eigenvalue weighted by atomic mass is 16.5. The lowest BCUT2D eigenvalue weighted by atomic mass is 10.0. The third kappa shape index (κ3) is 11.2. The summed E-state index contributed by atoms with van der Waals surface area (Å²) in [5.41, 5.74) is 2.26. The van der Waals surface area contributed by atoms with E-state index in [4.69, 9.17) is 4.74 Å². The number of amides is 4. The Balaban J connectivity index is 1.52. The molecule has 2 atom stereocenters. The number of carboxylic acids is 1. The lowest BCUT2D eigenvalue weighted by Crippen LogP contribution is -2.53. The zero-order valence-electron chi connectivity index (χ0n) is 22.2. The molecule has 0 aliphatic heterocycles. The molecule has 0 unspecified atom stereocenters. The second-order valence-electron chi connectivity index (χ2n) is 9.09. The number of hydrogen-bond acceptors (Lipinski definition) is 6. The van der Waals surface area contributed by atoms with Crippen molar-refractivity contribution >= 4 is 29.8 Å². The van der Waals surface area contributed by atoms with Gasteiger partial charge in [0.2, 0.25) is 17.7 Å². The van der Waals surface area contributed by atoms with E-state index in [2.05, 4.69) is 21.3 Å². The number of carbonyl (C=O) groups is 5. The molecule has 41 heavy (non-hydrogen) atoms. The number of carbonyl (C=O) groups excluding carboxylic acids is 4. The van der Waals surface area contributed by atoms with Crippen LogP contribution in [-0.4, -0.2) is 60.1 Å². The molecular formula is C30H32N4O7. The number of benzene rings is 3. The van der Waals surface area contributed by atoms with E-state index in [9.17, 15) is 29.1 Å². The molecule has 3 aromatic rings. The molecule has 0 aliphatic rings. The fourth-order valence-electron chi connectivity index (χ4n) is 3.82. The average molecular weight is 561 g/mol. The summed E-state index contributed by atoms with van der Waals surface area (Å²) in [6.07, 6.45) is -0.610. The van der Waals surface area contributed by atoms with Crippen LogP contribution in [0.1, 0.15) is 16.7 Å². The van der Waals surface area contributed by atoms with Crippen molar-refractivity contribution in [2.24, 2.45) is 0 Å². The van der Waals surface area contributed by atoms with Crippen LogP contribution in [0.3, 0.4) is 0 Å². The molecule has 0 radical (unpaired) electrons. The van der Waals surface area contributed by atoms with Gasteiger partial charge in [0.05, 0.1) is 6.54 Å². The normalized spacial score (nSPS) is 11.8. The highest BCUT2D eigenvalue weighted by molar-refractivity contribution is 5.92. The van der Waals surface area contributed by atoms with Crippen molar-refractivity contribution in [3.8, 4) is 0 Å². The highest BCUT2D eigenvalue weighted by Crippen LogP contribution is 2.05. The van der Waals surface area contributed by atoms with Gasteiger partial charge >= 0.3 is 12.1 Å². The summed E-state index contributed by atoms with van der Waals surface area (Å²) in [7, 11) is 0. The summed E-state index contributed by atoms with van der Waals surface area (Å²) >= 11 is 0. The van der Waals surface area contributed by atoms with Crippen LogP contribution >= 0.6 is 0 Å². The maximum atomic E-state index is 13.0. The van der Waals surface area contributed by atoms with Crippen molar-refractivity contribution in [3.05, 3.63) is 108 Å². The highest BCUT2D eigenvalue weighted by Gasteiger charge is 2.24. The van der Waals surface area contributed by atoms with Gasteiger partial charge in [-0.05, 0) is 16.7 Å². The molecule has 0 spiro atoms. The topological polar surface area (TPSA) is 163 Å². The molecule has 3 aromatic carbocycles. The van der Waals surface area contributed by atoms with Crippen LogP contribution < -0.4 is 21.3 Å². The first-order chi connectivity index (χ1) is 19.8. The van der Waals surface area contributed by atoms with Crippen LogP contribution in [0.15, 0.2) is 91.0 Å². The number of hydrogen-bond donors (Lipinski definition) is 5. The first kappa shape index (κ1) is 30.4. The van der Waals surface area contributed by atoms with Crippen molar-refractivity contribution in [2.75, 3.05) is 13.1 Å². The molecule has 0 heterocycles. The van der Waals surface area contributed by atoms with E-state index in [1.54, 1.807) is 84.9 Å². The molecule has 0 aliphatic carbocycles. The third-order valence-corrected chi connectivity index (χ3v) is 5.88. The Bertz CT molecular complexity index is 1300. The summed E-state index contributed by atoms with van der Waals surface area (Å²) in [6.45, 7) is -0.904. The standard InChI is InChI=1S/C30H32N4O7/c35-26(34-25(29(38)39)17-22-12-6-2-7-13-22)18-31-28(37)24(16-21-10-4-1-5-11-21)33-27(36)19-32-30(40)41-20-23-14-8-3-9-15-23/h1-15,24-25H,16-20H2,(H,31,37)(H,32,40)(H,33,36)(H,34,35)(H,38,39)/t24-,25-/m0/s1. The Kier molecular flexibility index (Phi) is 11.9. The summed E-state index contributed by atoms with van der Waals surface area (Å²) in [4.78, 5) is 61.6. The van der Waals surface area contributed by atoms with Crippen molar-refractivity contribution in [3.63, 3.8) is 0 Å². The summed E-state index contributed by atoms with van der Waals surface area (Å²) in [6, 6.07) is 24.5. The van der Waals surface area contributed by atoms with Gasteiger partial charge in [0.1, 0.15) is 25.2 Å². The number of rotatable bonds is 14. The Morgan fingerprint density at radius 1 is 0.610 bits per heavy atom. The molecule has 0 aromatic heterocycles. The van der Waals surface area contributed by atoms with E-state index in [1.807, 2.05) is 6.07 Å². The van der Waals surface area contributed by atoms with Gasteiger partial charge in [-0.25, -0.2) is 9.59 Å². The molecule has 4 amide bonds. The maximum absolute atomic E-state index is 13.0. The average Bonchev–Trinajstić information content (AvgIpc) is 2.98. The van der Waals surface area contributed by atoms with Crippen LogP contribution in [0, 0.1) is 0 Å². The molecule has 0 fully saturated rings. The zero-order chi connectivity index (χ0) is 29.5. The summed E-state index contributed by atoms with van der Waals surface area (Å²) in [5.74, 6) is -3.21. The van der Waals surface area contributed by atoms with E-state index in [0.29, 0.717) is 0 Å². The Hall–Kier alpha value is -5.19. The third-order valence-electron chi connectivity index (χ3n) is 5.88. The van der Waals surface area contributed by atoms with Crippen LogP contribution in [0.25, 0.3) is 0 Å². The smallest absolute Gasteiger partial charge is 0.407 e. The minimum Gasteiger partial charge on any atom is -0.480 e. The van der Waals surface area contributed by atoms with Crippen molar-refractivity contribution < 1.29 is 33.8 Å². The van der Waals surface area contributed by atoms with Gasteiger partial charge in [-0.3, -0.25) is 14.4 Å². The predicted molar refractivity (Wildman–Crippen MR) is 149 cm³/mol. The number of aliphatic carboxylic acids is 1.